The van der Waals surface area contributed by atoms with Crippen molar-refractivity contribution < 1.29 is 31.9 Å². The fourth-order valence-corrected chi connectivity index (χ4v) is 4.84. The Bertz CT molecular complexity index is 1430. The van der Waals surface area contributed by atoms with Crippen LogP contribution in [-0.4, -0.2) is 49.3 Å². The molecule has 0 saturated carbocycles. The average molecular weight is 591 g/mol. The molecule has 3 aromatic carbocycles. The Morgan fingerprint density at radius 3 is 2.46 bits per heavy atom. The Kier molecular flexibility index (Phi) is 10.3. The highest BCUT2D eigenvalue weighted by atomic mass is 35.5. The number of carbonyl (C=O) groups is 2. The highest BCUT2D eigenvalue weighted by Crippen LogP contribution is 2.33. The molecule has 0 spiro atoms. The lowest BCUT2D eigenvalue weighted by atomic mass is 9.85. The molecular weight excluding hydrogens is 564 g/mol. The summed E-state index contributed by atoms with van der Waals surface area (Å²) in [5.74, 6) is -2.74. The summed E-state index contributed by atoms with van der Waals surface area (Å²) in [5.41, 5.74) is 1.61. The lowest BCUT2D eigenvalue weighted by molar-refractivity contribution is -0.274. The second kappa shape index (κ2) is 13.5. The molecule has 2 N–H and O–H groups in total. The molecule has 1 aliphatic rings. The van der Waals surface area contributed by atoms with Crippen LogP contribution in [0.25, 0.3) is 11.1 Å². The van der Waals surface area contributed by atoms with E-state index in [0.717, 1.165) is 17.7 Å². The molecule has 216 valence electrons. The number of halogens is 5. The van der Waals surface area contributed by atoms with E-state index in [2.05, 4.69) is 15.4 Å². The lowest BCUT2D eigenvalue weighted by Crippen LogP contribution is -2.52. The molecule has 0 aromatic heterocycles. The Balaban J connectivity index is 0.00000462. The number of benzene rings is 3. The van der Waals surface area contributed by atoms with Crippen LogP contribution in [-0.2, 0) is 16.1 Å². The zero-order chi connectivity index (χ0) is 28.9. The van der Waals surface area contributed by atoms with Crippen LogP contribution < -0.4 is 15.4 Å². The molecule has 1 saturated heterocycles. The van der Waals surface area contributed by atoms with E-state index in [-0.39, 0.29) is 60.7 Å². The summed E-state index contributed by atoms with van der Waals surface area (Å²) in [5, 5.41) is 14.6. The third-order valence-electron chi connectivity index (χ3n) is 6.80. The van der Waals surface area contributed by atoms with E-state index >= 15 is 0 Å². The minimum absolute atomic E-state index is 0. The molecule has 1 aliphatic heterocycles. The Morgan fingerprint density at radius 2 is 1.83 bits per heavy atom. The van der Waals surface area contributed by atoms with Gasteiger partial charge in [0.1, 0.15) is 11.6 Å². The molecule has 2 amide bonds. The Morgan fingerprint density at radius 1 is 1.10 bits per heavy atom. The number of ether oxygens (including phenoxy) is 1. The van der Waals surface area contributed by atoms with Crippen LogP contribution in [0.2, 0.25) is 0 Å². The molecular formula is C29H27ClF4N4O3. The maximum atomic E-state index is 14.7. The van der Waals surface area contributed by atoms with Gasteiger partial charge in [0.25, 0.3) is 0 Å². The van der Waals surface area contributed by atoms with Crippen LogP contribution in [0.4, 0.5) is 17.6 Å². The third kappa shape index (κ3) is 7.74. The van der Waals surface area contributed by atoms with Crippen molar-refractivity contribution in [2.24, 2.45) is 0 Å². The van der Waals surface area contributed by atoms with E-state index in [9.17, 15) is 27.2 Å². The molecule has 4 rings (SSSR count). The van der Waals surface area contributed by atoms with Gasteiger partial charge in [0.2, 0.25) is 0 Å². The van der Waals surface area contributed by atoms with Crippen LogP contribution in [0.1, 0.15) is 29.0 Å². The molecule has 41 heavy (non-hydrogen) atoms. The van der Waals surface area contributed by atoms with Gasteiger partial charge in [-0.3, -0.25) is 9.59 Å². The molecule has 2 atom stereocenters. The number of piperidine rings is 1. The van der Waals surface area contributed by atoms with Crippen molar-refractivity contribution in [1.29, 1.82) is 5.26 Å². The highest BCUT2D eigenvalue weighted by molar-refractivity contribution is 6.34. The minimum Gasteiger partial charge on any atom is -0.405 e. The second-order valence-electron chi connectivity index (χ2n) is 9.30. The number of carbonyl (C=O) groups excluding carboxylic acids is 2. The number of nitrogens with one attached hydrogen (secondary N) is 2. The Labute approximate surface area is 240 Å². The highest BCUT2D eigenvalue weighted by Gasteiger charge is 2.35. The summed E-state index contributed by atoms with van der Waals surface area (Å²) in [6.07, 6.45) is -4.50. The summed E-state index contributed by atoms with van der Waals surface area (Å²) in [6.45, 7) is 0.459. The second-order valence-corrected chi connectivity index (χ2v) is 9.30. The average Bonchev–Trinajstić information content (AvgIpc) is 2.95. The van der Waals surface area contributed by atoms with Crippen molar-refractivity contribution >= 4 is 24.2 Å². The van der Waals surface area contributed by atoms with Crippen LogP contribution >= 0.6 is 12.4 Å². The third-order valence-corrected chi connectivity index (χ3v) is 6.80. The minimum atomic E-state index is -4.94. The van der Waals surface area contributed by atoms with E-state index in [4.69, 9.17) is 5.26 Å². The predicted octanol–water partition coefficient (Wildman–Crippen LogP) is 4.91. The summed E-state index contributed by atoms with van der Waals surface area (Å²) in [4.78, 5) is 25.9. The molecule has 0 bridgehead atoms. The summed E-state index contributed by atoms with van der Waals surface area (Å²) in [7, 11) is 1.38. The molecule has 3 aromatic rings. The van der Waals surface area contributed by atoms with Crippen LogP contribution in [0.5, 0.6) is 5.75 Å². The summed E-state index contributed by atoms with van der Waals surface area (Å²) >= 11 is 0. The number of nitrogens with zero attached hydrogens (tertiary/aromatic N) is 2. The number of rotatable bonds is 6. The van der Waals surface area contributed by atoms with Crippen molar-refractivity contribution in [1.82, 2.24) is 15.5 Å². The van der Waals surface area contributed by atoms with E-state index in [1.54, 1.807) is 0 Å². The SMILES string of the molecule is CNC(=O)C(=O)N1CC[C@H](NCc2cc(-c3ccc(C#N)cc3F)ccc2OC(F)(F)F)[C@H](c2ccccc2)C1.Cl. The largest absolute Gasteiger partial charge is 0.573 e. The molecule has 12 heteroatoms. The number of amides is 2. The van der Waals surface area contributed by atoms with Gasteiger partial charge in [0.05, 0.1) is 11.6 Å². The van der Waals surface area contributed by atoms with Gasteiger partial charge in [-0.2, -0.15) is 5.26 Å². The summed E-state index contributed by atoms with van der Waals surface area (Å²) < 4.78 is 58.5. The van der Waals surface area contributed by atoms with Gasteiger partial charge in [0.15, 0.2) is 0 Å². The number of likely N-dealkylation sites (N-methyl/N-ethyl adjacent to an activating group) is 1. The maximum absolute atomic E-state index is 14.7. The van der Waals surface area contributed by atoms with E-state index < -0.39 is 29.7 Å². The van der Waals surface area contributed by atoms with Gasteiger partial charge in [-0.25, -0.2) is 4.39 Å². The van der Waals surface area contributed by atoms with Gasteiger partial charge < -0.3 is 20.3 Å². The molecule has 7 nitrogen and oxygen atoms in total. The van der Waals surface area contributed by atoms with Crippen molar-refractivity contribution in [3.8, 4) is 22.9 Å². The standard InChI is InChI=1S/C29H26F4N4O3.ClH/c1-35-27(38)28(39)37-12-11-25(23(17-37)19-5-3-2-4-6-19)36-16-21-14-20(8-10-26(21)40-29(31,32)33)22-9-7-18(15-34)13-24(22)30;/h2-10,13-14,23,25,36H,11-12,16-17H2,1H3,(H,35,38);1H/t23-,25-;/m0./s1. The van der Waals surface area contributed by atoms with E-state index in [1.165, 1.54) is 36.2 Å². The van der Waals surface area contributed by atoms with Crippen LogP contribution in [0, 0.1) is 17.1 Å². The van der Waals surface area contributed by atoms with Crippen molar-refractivity contribution in [3.05, 3.63) is 89.2 Å². The van der Waals surface area contributed by atoms with Gasteiger partial charge in [-0.05, 0) is 41.8 Å². The molecule has 0 radical (unpaired) electrons. The first-order chi connectivity index (χ1) is 19.1. The zero-order valence-corrected chi connectivity index (χ0v) is 22.7. The topological polar surface area (TPSA) is 94.5 Å². The lowest BCUT2D eigenvalue weighted by Gasteiger charge is -2.39. The van der Waals surface area contributed by atoms with Crippen molar-refractivity contribution in [2.75, 3.05) is 20.1 Å². The predicted molar refractivity (Wildman–Crippen MR) is 146 cm³/mol. The first-order valence-corrected chi connectivity index (χ1v) is 12.5. The molecule has 1 heterocycles. The zero-order valence-electron chi connectivity index (χ0n) is 21.9. The number of hydrogen-bond acceptors (Lipinski definition) is 5. The molecule has 0 unspecified atom stereocenters. The molecule has 1 fully saturated rings. The van der Waals surface area contributed by atoms with Crippen LogP contribution in [0.3, 0.4) is 0 Å². The first kappa shape index (κ1) is 31.4. The van der Waals surface area contributed by atoms with Gasteiger partial charge >= 0.3 is 18.2 Å². The normalized spacial score (nSPS) is 16.7. The van der Waals surface area contributed by atoms with E-state index in [0.29, 0.717) is 12.0 Å². The van der Waals surface area contributed by atoms with Gasteiger partial charge in [-0.15, -0.1) is 25.6 Å². The first-order valence-electron chi connectivity index (χ1n) is 12.5. The number of hydrogen-bond donors (Lipinski definition) is 2. The number of nitriles is 1. The number of likely N-dealkylation sites (tertiary alicyclic amines) is 1. The Hall–Kier alpha value is -4.14. The van der Waals surface area contributed by atoms with Gasteiger partial charge in [-0.1, -0.05) is 42.5 Å². The number of alkyl halides is 3. The fraction of sp³-hybridized carbons (Fsp3) is 0.276. The molecule has 0 aliphatic carbocycles. The quantitative estimate of drug-likeness (QED) is 0.314. The van der Waals surface area contributed by atoms with E-state index in [1.807, 2.05) is 36.4 Å². The fourth-order valence-electron chi connectivity index (χ4n) is 4.84. The van der Waals surface area contributed by atoms with Crippen molar-refractivity contribution in [2.45, 2.75) is 31.3 Å². The summed E-state index contributed by atoms with van der Waals surface area (Å²) in [6, 6.07) is 18.7. The van der Waals surface area contributed by atoms with Crippen LogP contribution in [0.15, 0.2) is 66.7 Å². The van der Waals surface area contributed by atoms with Crippen molar-refractivity contribution in [3.63, 3.8) is 0 Å². The van der Waals surface area contributed by atoms with Gasteiger partial charge in [0, 0.05) is 49.8 Å². The smallest absolute Gasteiger partial charge is 0.405 e. The monoisotopic (exact) mass is 590 g/mol. The maximum Gasteiger partial charge on any atom is 0.573 e.